The van der Waals surface area contributed by atoms with Crippen molar-refractivity contribution < 1.29 is 38.1 Å². The van der Waals surface area contributed by atoms with Crippen LogP contribution < -0.4 is 0 Å². The van der Waals surface area contributed by atoms with Crippen LogP contribution >= 0.6 is 0 Å². The first kappa shape index (κ1) is 49.8. The molecule has 0 aromatic carbocycles. The maximum atomic E-state index is 14.0. The Morgan fingerprint density at radius 3 is 1.17 bits per heavy atom. The Labute approximate surface area is 389 Å². The molecule has 13 saturated carbocycles. The molecule has 13 rings (SSSR count). The summed E-state index contributed by atoms with van der Waals surface area (Å²) in [6.07, 6.45) is 24.7. The topological polar surface area (TPSA) is 105 Å². The fourth-order valence-corrected chi connectivity index (χ4v) is 16.4. The van der Waals surface area contributed by atoms with Gasteiger partial charge in [0.25, 0.3) is 0 Å². The van der Waals surface area contributed by atoms with E-state index in [9.17, 15) is 19.2 Å². The lowest BCUT2D eigenvalue weighted by atomic mass is 9.47. The Balaban J connectivity index is 0.000000179. The summed E-state index contributed by atoms with van der Waals surface area (Å²) in [5, 5.41) is 0. The second-order valence-corrected chi connectivity index (χ2v) is 25.4. The zero-order chi connectivity index (χ0) is 46.7. The van der Waals surface area contributed by atoms with Crippen LogP contribution in [0.25, 0.3) is 0 Å². The van der Waals surface area contributed by atoms with E-state index in [-0.39, 0.29) is 35.1 Å². The lowest BCUT2D eigenvalue weighted by molar-refractivity contribution is -0.238. The van der Waals surface area contributed by atoms with Crippen molar-refractivity contribution in [1.82, 2.24) is 0 Å². The van der Waals surface area contributed by atoms with Gasteiger partial charge in [0.1, 0.15) is 22.4 Å². The molecule has 0 aromatic rings. The molecule has 4 unspecified atom stereocenters. The molecule has 4 atom stereocenters. The highest BCUT2D eigenvalue weighted by Crippen LogP contribution is 2.66. The number of rotatable bonds is 10. The highest BCUT2D eigenvalue weighted by atomic mass is 16.6. The van der Waals surface area contributed by atoms with Crippen LogP contribution in [0, 0.1) is 69.0 Å². The van der Waals surface area contributed by atoms with Crippen molar-refractivity contribution >= 4 is 23.9 Å². The van der Waals surface area contributed by atoms with Crippen LogP contribution in [0.15, 0.2) is 0 Å². The monoisotopic (exact) mass is 893 g/mol. The summed E-state index contributed by atoms with van der Waals surface area (Å²) in [6, 6.07) is 0. The Morgan fingerprint density at radius 2 is 0.812 bits per heavy atom. The van der Waals surface area contributed by atoms with Crippen LogP contribution in [-0.4, -0.2) is 46.3 Å². The quantitative estimate of drug-likeness (QED) is 0.158. The predicted octanol–water partition coefficient (Wildman–Crippen LogP) is 13.7. The van der Waals surface area contributed by atoms with E-state index in [0.717, 1.165) is 102 Å². The minimum atomic E-state index is -0.467. The third-order valence-corrected chi connectivity index (χ3v) is 19.7. The van der Waals surface area contributed by atoms with Gasteiger partial charge in [0.15, 0.2) is 0 Å². The molecule has 12 bridgehead atoms. The van der Waals surface area contributed by atoms with E-state index in [0.29, 0.717) is 48.3 Å². The molecular formula is C56H92O8. The molecule has 13 aliphatic rings. The lowest BCUT2D eigenvalue weighted by Crippen LogP contribution is -2.63. The SMILES string of the molecule is CC.CC.CCC(C)(C)C(=O)OC12CC3CC(C1)CC(C(=O)OC1(C)C4CC5CC(C4)CC1C5)(C3)C2.CCC(C)(C)C(=O)OC12CC3CC(C1)CC(C(=O)OC1(C)CCCCC1)(C3)C2. The van der Waals surface area contributed by atoms with Crippen LogP contribution in [0.5, 0.6) is 0 Å². The van der Waals surface area contributed by atoms with Gasteiger partial charge in [0.2, 0.25) is 0 Å². The average molecular weight is 893 g/mol. The molecule has 0 radical (unpaired) electrons. The third-order valence-electron chi connectivity index (χ3n) is 19.7. The number of carbonyl (C=O) groups excluding carboxylic acids is 4. The van der Waals surface area contributed by atoms with Crippen LogP contribution in [0.3, 0.4) is 0 Å². The zero-order valence-corrected chi connectivity index (χ0v) is 42.9. The van der Waals surface area contributed by atoms with Crippen molar-refractivity contribution in [1.29, 1.82) is 0 Å². The van der Waals surface area contributed by atoms with E-state index in [2.05, 4.69) is 13.8 Å². The van der Waals surface area contributed by atoms with Crippen molar-refractivity contribution in [2.45, 2.75) is 260 Å². The van der Waals surface area contributed by atoms with E-state index in [1.165, 1.54) is 51.4 Å². The van der Waals surface area contributed by atoms with E-state index in [4.69, 9.17) is 18.9 Å². The molecule has 0 aliphatic heterocycles. The molecule has 0 aromatic heterocycles. The van der Waals surface area contributed by atoms with Gasteiger partial charge in [-0.3, -0.25) is 19.2 Å². The van der Waals surface area contributed by atoms with E-state index < -0.39 is 32.9 Å². The molecular weight excluding hydrogens is 801 g/mol. The van der Waals surface area contributed by atoms with Crippen molar-refractivity contribution in [2.24, 2.45) is 69.0 Å². The highest BCUT2D eigenvalue weighted by molar-refractivity contribution is 5.80. The van der Waals surface area contributed by atoms with Gasteiger partial charge in [0, 0.05) is 12.8 Å². The van der Waals surface area contributed by atoms with Crippen LogP contribution in [0.1, 0.15) is 237 Å². The Hall–Kier alpha value is -2.12. The number of carbonyl (C=O) groups is 4. The van der Waals surface area contributed by atoms with E-state index >= 15 is 0 Å². The molecule has 0 N–H and O–H groups in total. The molecule has 364 valence electrons. The van der Waals surface area contributed by atoms with Gasteiger partial charge in [-0.1, -0.05) is 48.0 Å². The normalized spacial score (nSPS) is 42.4. The van der Waals surface area contributed by atoms with Gasteiger partial charge < -0.3 is 18.9 Å². The molecule has 8 nitrogen and oxygen atoms in total. The Kier molecular flexibility index (Phi) is 14.1. The highest BCUT2D eigenvalue weighted by Gasteiger charge is 2.66. The predicted molar refractivity (Wildman–Crippen MR) is 252 cm³/mol. The summed E-state index contributed by atoms with van der Waals surface area (Å²) in [4.78, 5) is 53.4. The minimum Gasteiger partial charge on any atom is -0.459 e. The summed E-state index contributed by atoms with van der Waals surface area (Å²) < 4.78 is 25.5. The van der Waals surface area contributed by atoms with Crippen molar-refractivity contribution in [3.05, 3.63) is 0 Å². The minimum absolute atomic E-state index is 0.00109. The molecule has 0 amide bonds. The summed E-state index contributed by atoms with van der Waals surface area (Å²) in [5.74, 6) is 4.68. The van der Waals surface area contributed by atoms with Crippen LogP contribution in [0.2, 0.25) is 0 Å². The number of esters is 4. The molecule has 0 spiro atoms. The number of ether oxygens (including phenoxy) is 4. The molecule has 13 aliphatic carbocycles. The second kappa shape index (κ2) is 18.1. The first-order valence-corrected chi connectivity index (χ1v) is 27.1. The largest absolute Gasteiger partial charge is 0.459 e. The molecule has 0 saturated heterocycles. The fourth-order valence-electron chi connectivity index (χ4n) is 16.4. The smallest absolute Gasteiger partial charge is 0.312 e. The lowest BCUT2D eigenvalue weighted by Gasteiger charge is -2.62. The molecule has 64 heavy (non-hydrogen) atoms. The van der Waals surface area contributed by atoms with Gasteiger partial charge in [-0.25, -0.2) is 0 Å². The summed E-state index contributed by atoms with van der Waals surface area (Å²) >= 11 is 0. The van der Waals surface area contributed by atoms with E-state index in [1.54, 1.807) is 0 Å². The number of hydrogen-bond acceptors (Lipinski definition) is 8. The Morgan fingerprint density at radius 1 is 0.469 bits per heavy atom. The van der Waals surface area contributed by atoms with Gasteiger partial charge in [-0.2, -0.15) is 0 Å². The summed E-state index contributed by atoms with van der Waals surface area (Å²) in [7, 11) is 0. The Bertz CT molecular complexity index is 1660. The average Bonchev–Trinajstić information content (AvgIpc) is 3.23. The van der Waals surface area contributed by atoms with Crippen LogP contribution in [-0.2, 0) is 38.1 Å². The van der Waals surface area contributed by atoms with Gasteiger partial charge in [-0.05, 0) is 224 Å². The molecule has 0 heterocycles. The molecule has 13 fully saturated rings. The first-order chi connectivity index (χ1) is 30.1. The second-order valence-electron chi connectivity index (χ2n) is 25.4. The van der Waals surface area contributed by atoms with Gasteiger partial charge in [0.05, 0.1) is 21.7 Å². The fraction of sp³-hybridized carbons (Fsp3) is 0.929. The van der Waals surface area contributed by atoms with Gasteiger partial charge >= 0.3 is 23.9 Å². The van der Waals surface area contributed by atoms with Crippen molar-refractivity contribution in [3.8, 4) is 0 Å². The summed E-state index contributed by atoms with van der Waals surface area (Å²) in [6.45, 7) is 24.3. The van der Waals surface area contributed by atoms with Crippen molar-refractivity contribution in [3.63, 3.8) is 0 Å². The van der Waals surface area contributed by atoms with E-state index in [1.807, 2.05) is 69.2 Å². The first-order valence-electron chi connectivity index (χ1n) is 27.1. The maximum absolute atomic E-state index is 14.0. The standard InChI is InChI=1S/C28H42O4.C24H38O4.2C2H6/c1-5-25(2,3)23(29)32-28-14-19-7-20(15-28)13-27(12-19,16-28)24(30)31-26(4)21-8-17-6-18(10-21)11-22(26)9-17;1-5-21(2,3)19(25)28-24-14-17-11-18(15-24)13-23(12-17,16-24)20(26)27-22(4)9-7-6-8-10-22;2*1-2/h17-22H,5-16H2,1-4H3;17-18H,5-16H2,1-4H3;2*1-2H3. The maximum Gasteiger partial charge on any atom is 0.312 e. The van der Waals surface area contributed by atoms with Crippen molar-refractivity contribution in [2.75, 3.05) is 0 Å². The van der Waals surface area contributed by atoms with Crippen LogP contribution in [0.4, 0.5) is 0 Å². The van der Waals surface area contributed by atoms with Gasteiger partial charge in [-0.15, -0.1) is 0 Å². The zero-order valence-electron chi connectivity index (χ0n) is 42.9. The molecule has 8 heteroatoms. The summed E-state index contributed by atoms with van der Waals surface area (Å²) in [5.41, 5.74) is -3.26. The third kappa shape index (κ3) is 9.24. The number of hydrogen-bond donors (Lipinski definition) is 0.